The van der Waals surface area contributed by atoms with Crippen LogP contribution >= 0.6 is 35.0 Å². The highest BCUT2D eigenvalue weighted by atomic mass is 35.5. The molecule has 0 spiro atoms. The normalized spacial score (nSPS) is 14.3. The molecule has 43 heavy (non-hydrogen) atoms. The van der Waals surface area contributed by atoms with Crippen LogP contribution in [-0.2, 0) is 26.2 Å². The number of sulfonamides is 1. The molecule has 1 fully saturated rings. The van der Waals surface area contributed by atoms with Crippen molar-refractivity contribution in [3.8, 4) is 0 Å². The maximum Gasteiger partial charge on any atom is 0.264 e. The van der Waals surface area contributed by atoms with Crippen LogP contribution in [0.15, 0.2) is 76.5 Å². The van der Waals surface area contributed by atoms with E-state index in [1.54, 1.807) is 66.7 Å². The van der Waals surface area contributed by atoms with Gasteiger partial charge in [-0.15, -0.1) is 11.8 Å². The molecule has 0 aromatic heterocycles. The van der Waals surface area contributed by atoms with E-state index in [1.165, 1.54) is 16.7 Å². The zero-order chi connectivity index (χ0) is 31.1. The van der Waals surface area contributed by atoms with Crippen LogP contribution < -0.4 is 9.62 Å². The molecule has 0 bridgehead atoms. The molecule has 3 aromatic rings. The van der Waals surface area contributed by atoms with Crippen LogP contribution in [-0.4, -0.2) is 50.0 Å². The second-order valence-corrected chi connectivity index (χ2v) is 14.3. The van der Waals surface area contributed by atoms with Gasteiger partial charge in [0.25, 0.3) is 10.0 Å². The Morgan fingerprint density at radius 2 is 1.65 bits per heavy atom. The average Bonchev–Trinajstić information content (AvgIpc) is 3.50. The largest absolute Gasteiger partial charge is 0.352 e. The summed E-state index contributed by atoms with van der Waals surface area (Å²) in [6.45, 7) is 3.25. The van der Waals surface area contributed by atoms with E-state index < -0.39 is 28.5 Å². The summed E-state index contributed by atoms with van der Waals surface area (Å²) in [5.74, 6) is -0.783. The molecular formula is C32H37Cl2N3O4S2. The molecule has 230 valence electrons. The second kappa shape index (κ2) is 14.8. The van der Waals surface area contributed by atoms with Gasteiger partial charge < -0.3 is 10.2 Å². The van der Waals surface area contributed by atoms with Gasteiger partial charge in [0, 0.05) is 27.5 Å². The Morgan fingerprint density at radius 1 is 1.00 bits per heavy atom. The van der Waals surface area contributed by atoms with Crippen molar-refractivity contribution in [1.29, 1.82) is 0 Å². The van der Waals surface area contributed by atoms with Crippen LogP contribution in [0.25, 0.3) is 0 Å². The Morgan fingerprint density at radius 3 is 2.23 bits per heavy atom. The molecule has 0 heterocycles. The van der Waals surface area contributed by atoms with Gasteiger partial charge in [-0.05, 0) is 86.5 Å². The molecule has 0 saturated heterocycles. The van der Waals surface area contributed by atoms with E-state index in [0.717, 1.165) is 40.4 Å². The number of hydrogen-bond acceptors (Lipinski definition) is 5. The topological polar surface area (TPSA) is 86.8 Å². The Kier molecular flexibility index (Phi) is 11.5. The number of amides is 2. The van der Waals surface area contributed by atoms with Crippen LogP contribution in [0.3, 0.4) is 0 Å². The molecule has 3 aromatic carbocycles. The minimum atomic E-state index is -4.15. The molecule has 1 atom stereocenters. The summed E-state index contributed by atoms with van der Waals surface area (Å²) in [6, 6.07) is 17.7. The molecule has 11 heteroatoms. The third kappa shape index (κ3) is 8.26. The van der Waals surface area contributed by atoms with Crippen molar-refractivity contribution in [2.75, 3.05) is 17.1 Å². The number of thioether (sulfide) groups is 1. The van der Waals surface area contributed by atoms with Crippen molar-refractivity contribution in [3.05, 3.63) is 87.9 Å². The minimum absolute atomic E-state index is 0.00956. The second-order valence-electron chi connectivity index (χ2n) is 10.7. The lowest BCUT2D eigenvalue weighted by atomic mass is 10.1. The van der Waals surface area contributed by atoms with E-state index in [0.29, 0.717) is 27.7 Å². The summed E-state index contributed by atoms with van der Waals surface area (Å²) in [4.78, 5) is 30.3. The summed E-state index contributed by atoms with van der Waals surface area (Å²) >= 11 is 14.1. The number of benzene rings is 3. The number of carbonyl (C=O) groups excluding carboxylic acids is 2. The third-order valence-corrected chi connectivity index (χ3v) is 10.8. The molecule has 1 aliphatic carbocycles. The number of nitrogens with one attached hydrogen (secondary N) is 1. The van der Waals surface area contributed by atoms with Crippen molar-refractivity contribution >= 4 is 62.5 Å². The predicted octanol–water partition coefficient (Wildman–Crippen LogP) is 7.09. The number of carbonyl (C=O) groups is 2. The smallest absolute Gasteiger partial charge is 0.264 e. The fourth-order valence-corrected chi connectivity index (χ4v) is 7.53. The molecule has 2 amide bonds. The van der Waals surface area contributed by atoms with Crippen LogP contribution in [0, 0.1) is 6.92 Å². The van der Waals surface area contributed by atoms with E-state index in [4.69, 9.17) is 23.2 Å². The Hall–Kier alpha value is -2.72. The van der Waals surface area contributed by atoms with Gasteiger partial charge in [0.05, 0.1) is 10.6 Å². The number of halogens is 2. The first-order chi connectivity index (χ1) is 20.5. The molecule has 0 radical (unpaired) electrons. The Balaban J connectivity index is 1.73. The molecular weight excluding hydrogens is 625 g/mol. The van der Waals surface area contributed by atoms with Gasteiger partial charge in [-0.3, -0.25) is 13.9 Å². The monoisotopic (exact) mass is 661 g/mol. The number of nitrogens with zero attached hydrogens (tertiary/aromatic N) is 2. The highest BCUT2D eigenvalue weighted by Crippen LogP contribution is 2.28. The van der Waals surface area contributed by atoms with Crippen molar-refractivity contribution in [3.63, 3.8) is 0 Å². The zero-order valence-corrected chi connectivity index (χ0v) is 27.7. The maximum atomic E-state index is 14.3. The fourth-order valence-electron chi connectivity index (χ4n) is 5.24. The Bertz CT molecular complexity index is 1530. The summed E-state index contributed by atoms with van der Waals surface area (Å²) in [7, 11) is -4.15. The van der Waals surface area contributed by atoms with Gasteiger partial charge >= 0.3 is 0 Å². The highest BCUT2D eigenvalue weighted by Gasteiger charge is 2.35. The predicted molar refractivity (Wildman–Crippen MR) is 175 cm³/mol. The zero-order valence-electron chi connectivity index (χ0n) is 24.6. The van der Waals surface area contributed by atoms with Crippen LogP contribution in [0.5, 0.6) is 0 Å². The van der Waals surface area contributed by atoms with E-state index in [1.807, 2.05) is 20.1 Å². The summed E-state index contributed by atoms with van der Waals surface area (Å²) < 4.78 is 29.2. The Labute approximate surface area is 269 Å². The van der Waals surface area contributed by atoms with Gasteiger partial charge in [-0.2, -0.15) is 0 Å². The lowest BCUT2D eigenvalue weighted by Crippen LogP contribution is -2.53. The fraction of sp³-hybridized carbons (Fsp3) is 0.375. The summed E-state index contributed by atoms with van der Waals surface area (Å²) in [5.41, 5.74) is 1.90. The first-order valence-electron chi connectivity index (χ1n) is 14.3. The lowest BCUT2D eigenvalue weighted by Gasteiger charge is -2.34. The quantitative estimate of drug-likeness (QED) is 0.210. The van der Waals surface area contributed by atoms with Gasteiger partial charge in [0.2, 0.25) is 11.8 Å². The van der Waals surface area contributed by atoms with E-state index in [9.17, 15) is 18.0 Å². The standard InChI is InChI=1S/C32H37Cl2N3O4S2/c1-4-30(32(39)35-25-7-5-6-8-25)36(20-23-11-12-24(33)19-29(23)34)31(38)21-37(26-13-9-22(2)10-14-26)43(40,41)28-17-15-27(42-3)16-18-28/h9-19,25,30H,4-8,20-21H2,1-3H3,(H,35,39)/t30-/m1/s1. The third-order valence-electron chi connectivity index (χ3n) is 7.69. The molecule has 4 rings (SSSR count). The molecule has 1 saturated carbocycles. The van der Waals surface area contributed by atoms with Gasteiger partial charge in [0.1, 0.15) is 12.6 Å². The molecule has 1 N–H and O–H groups in total. The van der Waals surface area contributed by atoms with E-state index >= 15 is 0 Å². The molecule has 0 unspecified atom stereocenters. The van der Waals surface area contributed by atoms with Gasteiger partial charge in [-0.1, -0.05) is 66.7 Å². The first-order valence-corrected chi connectivity index (χ1v) is 17.7. The average molecular weight is 663 g/mol. The van der Waals surface area contributed by atoms with E-state index in [2.05, 4.69) is 5.32 Å². The lowest BCUT2D eigenvalue weighted by molar-refractivity contribution is -0.140. The van der Waals surface area contributed by atoms with Crippen molar-refractivity contribution in [2.45, 2.75) is 74.4 Å². The summed E-state index contributed by atoms with van der Waals surface area (Å²) in [5, 5.41) is 3.91. The number of rotatable bonds is 12. The van der Waals surface area contributed by atoms with Crippen LogP contribution in [0.2, 0.25) is 10.0 Å². The van der Waals surface area contributed by atoms with Crippen LogP contribution in [0.4, 0.5) is 5.69 Å². The first kappa shape index (κ1) is 33.2. The minimum Gasteiger partial charge on any atom is -0.352 e. The van der Waals surface area contributed by atoms with Crippen molar-refractivity contribution in [2.24, 2.45) is 0 Å². The molecule has 7 nitrogen and oxygen atoms in total. The number of anilines is 1. The summed E-state index contributed by atoms with van der Waals surface area (Å²) in [6.07, 6.45) is 6.14. The van der Waals surface area contributed by atoms with Crippen molar-refractivity contribution in [1.82, 2.24) is 10.2 Å². The SMILES string of the molecule is CC[C@H](C(=O)NC1CCCC1)N(Cc1ccc(Cl)cc1Cl)C(=O)CN(c1ccc(C)cc1)S(=O)(=O)c1ccc(SC)cc1. The van der Waals surface area contributed by atoms with Crippen LogP contribution in [0.1, 0.15) is 50.2 Å². The van der Waals surface area contributed by atoms with Gasteiger partial charge in [0.15, 0.2) is 0 Å². The highest BCUT2D eigenvalue weighted by molar-refractivity contribution is 7.98. The number of aryl methyl sites for hydroxylation is 1. The molecule has 1 aliphatic rings. The molecule has 0 aliphatic heterocycles. The number of hydrogen-bond donors (Lipinski definition) is 1. The van der Waals surface area contributed by atoms with Gasteiger partial charge in [-0.25, -0.2) is 8.42 Å². The maximum absolute atomic E-state index is 14.3. The van der Waals surface area contributed by atoms with Crippen molar-refractivity contribution < 1.29 is 18.0 Å². The van der Waals surface area contributed by atoms with E-state index in [-0.39, 0.29) is 23.4 Å².